The number of hydrogen-bond acceptors (Lipinski definition) is 6. The van der Waals surface area contributed by atoms with Gasteiger partial charge >= 0.3 is 0 Å². The molecule has 1 saturated carbocycles. The highest BCUT2D eigenvalue weighted by Crippen LogP contribution is 2.44. The van der Waals surface area contributed by atoms with Crippen molar-refractivity contribution in [2.45, 2.75) is 35.0 Å². The second kappa shape index (κ2) is 9.27. The van der Waals surface area contributed by atoms with E-state index in [1.807, 2.05) is 71.4 Å². The van der Waals surface area contributed by atoms with E-state index in [2.05, 4.69) is 37.9 Å². The molecule has 6 rings (SSSR count). The van der Waals surface area contributed by atoms with Crippen molar-refractivity contribution in [1.82, 2.24) is 19.7 Å². The SMILES string of the molecule is O=C(CSc1nnc(-c2cccnc2)n1C1CC1)N1c2ccccc2SC[C@@H]1c1ccccc1. The molecular formula is C26H23N5OS2. The molecule has 1 atom stereocenters. The minimum Gasteiger partial charge on any atom is -0.302 e. The van der Waals surface area contributed by atoms with Gasteiger partial charge in [0.2, 0.25) is 5.91 Å². The van der Waals surface area contributed by atoms with E-state index in [0.29, 0.717) is 11.8 Å². The van der Waals surface area contributed by atoms with Gasteiger partial charge in [-0.15, -0.1) is 22.0 Å². The first-order valence-corrected chi connectivity index (χ1v) is 13.3. The van der Waals surface area contributed by atoms with Crippen molar-refractivity contribution in [3.63, 3.8) is 0 Å². The molecule has 2 aliphatic rings. The molecule has 3 heterocycles. The molecule has 170 valence electrons. The van der Waals surface area contributed by atoms with Crippen LogP contribution in [-0.4, -0.2) is 37.2 Å². The molecule has 0 saturated heterocycles. The van der Waals surface area contributed by atoms with Crippen molar-refractivity contribution in [3.05, 3.63) is 84.7 Å². The van der Waals surface area contributed by atoms with Crippen LogP contribution in [0.2, 0.25) is 0 Å². The smallest absolute Gasteiger partial charge is 0.238 e. The van der Waals surface area contributed by atoms with Crippen LogP contribution in [0.15, 0.2) is 89.2 Å². The molecule has 34 heavy (non-hydrogen) atoms. The van der Waals surface area contributed by atoms with Crippen LogP contribution in [0.3, 0.4) is 0 Å². The van der Waals surface area contributed by atoms with Crippen LogP contribution in [0, 0.1) is 0 Å². The maximum Gasteiger partial charge on any atom is 0.238 e. The van der Waals surface area contributed by atoms with Gasteiger partial charge in [0.1, 0.15) is 0 Å². The number of carbonyl (C=O) groups is 1. The van der Waals surface area contributed by atoms with Crippen molar-refractivity contribution in [2.24, 2.45) is 0 Å². The summed E-state index contributed by atoms with van der Waals surface area (Å²) in [6.45, 7) is 0. The summed E-state index contributed by atoms with van der Waals surface area (Å²) in [5, 5.41) is 9.72. The zero-order valence-electron chi connectivity index (χ0n) is 18.4. The molecule has 0 spiro atoms. The molecule has 0 unspecified atom stereocenters. The van der Waals surface area contributed by atoms with Crippen LogP contribution in [-0.2, 0) is 4.79 Å². The number of amides is 1. The van der Waals surface area contributed by atoms with Crippen LogP contribution in [0.4, 0.5) is 5.69 Å². The Morgan fingerprint density at radius 2 is 1.82 bits per heavy atom. The Morgan fingerprint density at radius 3 is 2.62 bits per heavy atom. The third-order valence-corrected chi connectivity index (χ3v) is 8.17. The fourth-order valence-electron chi connectivity index (χ4n) is 4.34. The summed E-state index contributed by atoms with van der Waals surface area (Å²) in [5.74, 6) is 2.05. The quantitative estimate of drug-likeness (QED) is 0.329. The van der Waals surface area contributed by atoms with Crippen LogP contribution in [0.5, 0.6) is 0 Å². The van der Waals surface area contributed by atoms with Crippen LogP contribution >= 0.6 is 23.5 Å². The maximum atomic E-state index is 13.7. The average Bonchev–Trinajstić information content (AvgIpc) is 3.66. The van der Waals surface area contributed by atoms with Gasteiger partial charge in [-0.3, -0.25) is 14.3 Å². The van der Waals surface area contributed by atoms with Crippen LogP contribution in [0.1, 0.15) is 30.5 Å². The number of carbonyl (C=O) groups excluding carboxylic acids is 1. The highest BCUT2D eigenvalue weighted by Gasteiger charge is 2.34. The standard InChI is InChI=1S/C26H23N5OS2/c32-24(17-34-26-29-28-25(30(26)20-12-13-20)19-9-6-14-27-15-19)31-21-10-4-5-11-23(21)33-16-22(31)18-7-2-1-3-8-18/h1-11,14-15,20,22H,12-13,16-17H2/t22-/m1/s1. The molecule has 0 radical (unpaired) electrons. The molecule has 4 aromatic rings. The van der Waals surface area contributed by atoms with Crippen molar-refractivity contribution < 1.29 is 4.79 Å². The van der Waals surface area contributed by atoms with Gasteiger partial charge < -0.3 is 4.90 Å². The van der Waals surface area contributed by atoms with E-state index >= 15 is 0 Å². The lowest BCUT2D eigenvalue weighted by Gasteiger charge is -2.37. The van der Waals surface area contributed by atoms with E-state index in [1.54, 1.807) is 6.20 Å². The van der Waals surface area contributed by atoms with Crippen molar-refractivity contribution in [3.8, 4) is 11.4 Å². The average molecular weight is 486 g/mol. The molecule has 1 aliphatic heterocycles. The highest BCUT2D eigenvalue weighted by atomic mass is 32.2. The van der Waals surface area contributed by atoms with Crippen molar-refractivity contribution in [2.75, 3.05) is 16.4 Å². The molecule has 0 bridgehead atoms. The fourth-order valence-corrected chi connectivity index (χ4v) is 6.38. The van der Waals surface area contributed by atoms with Crippen molar-refractivity contribution >= 4 is 35.1 Å². The van der Waals surface area contributed by atoms with Gasteiger partial charge in [0.25, 0.3) is 0 Å². The summed E-state index contributed by atoms with van der Waals surface area (Å²) in [6.07, 6.45) is 5.79. The minimum absolute atomic E-state index is 0.00135. The minimum atomic E-state index is 0.00135. The number of hydrogen-bond donors (Lipinski definition) is 0. The Balaban J connectivity index is 1.28. The van der Waals surface area contributed by atoms with E-state index in [9.17, 15) is 4.79 Å². The lowest BCUT2D eigenvalue weighted by Crippen LogP contribution is -2.39. The van der Waals surface area contributed by atoms with Gasteiger partial charge in [-0.1, -0.05) is 54.2 Å². The second-order valence-electron chi connectivity index (χ2n) is 8.41. The number of aromatic nitrogens is 4. The molecule has 0 N–H and O–H groups in total. The van der Waals surface area contributed by atoms with Crippen molar-refractivity contribution in [1.29, 1.82) is 0 Å². The molecule has 1 aliphatic carbocycles. The third-order valence-electron chi connectivity index (χ3n) is 6.11. The Hall–Kier alpha value is -3.10. The molecule has 1 fully saturated rings. The monoisotopic (exact) mass is 485 g/mol. The maximum absolute atomic E-state index is 13.7. The summed E-state index contributed by atoms with van der Waals surface area (Å²) in [6, 6.07) is 22.8. The molecular weight excluding hydrogens is 462 g/mol. The van der Waals surface area contributed by atoms with E-state index in [-0.39, 0.29) is 11.9 Å². The molecule has 2 aromatic carbocycles. The first kappa shape index (κ1) is 21.4. The van der Waals surface area contributed by atoms with E-state index in [4.69, 9.17) is 0 Å². The predicted octanol–water partition coefficient (Wildman–Crippen LogP) is 5.65. The summed E-state index contributed by atoms with van der Waals surface area (Å²) in [7, 11) is 0. The number of fused-ring (bicyclic) bond motifs is 1. The first-order chi connectivity index (χ1) is 16.8. The Kier molecular flexibility index (Phi) is 5.84. The lowest BCUT2D eigenvalue weighted by atomic mass is 10.1. The van der Waals surface area contributed by atoms with Crippen LogP contribution in [0.25, 0.3) is 11.4 Å². The number of para-hydroxylation sites is 1. The van der Waals surface area contributed by atoms with E-state index < -0.39 is 0 Å². The molecule has 8 heteroatoms. The highest BCUT2D eigenvalue weighted by molar-refractivity contribution is 8.00. The fraction of sp³-hybridized carbons (Fsp3) is 0.231. The van der Waals surface area contributed by atoms with Gasteiger partial charge in [0, 0.05) is 34.6 Å². The summed E-state index contributed by atoms with van der Waals surface area (Å²) < 4.78 is 2.18. The van der Waals surface area contributed by atoms with E-state index in [0.717, 1.165) is 51.3 Å². The number of thioether (sulfide) groups is 2. The van der Waals surface area contributed by atoms with Crippen LogP contribution < -0.4 is 4.90 Å². The zero-order chi connectivity index (χ0) is 22.9. The van der Waals surface area contributed by atoms with Gasteiger partial charge in [0.15, 0.2) is 11.0 Å². The number of pyridine rings is 1. The Morgan fingerprint density at radius 1 is 1.00 bits per heavy atom. The normalized spacial score (nSPS) is 17.4. The van der Waals surface area contributed by atoms with Gasteiger partial charge in [-0.25, -0.2) is 0 Å². The summed E-state index contributed by atoms with van der Waals surface area (Å²) in [5.41, 5.74) is 3.09. The topological polar surface area (TPSA) is 63.9 Å². The summed E-state index contributed by atoms with van der Waals surface area (Å²) in [4.78, 5) is 21.1. The molecule has 6 nitrogen and oxygen atoms in total. The number of rotatable bonds is 6. The number of anilines is 1. The van der Waals surface area contributed by atoms with E-state index in [1.165, 1.54) is 11.8 Å². The zero-order valence-corrected chi connectivity index (χ0v) is 20.1. The predicted molar refractivity (Wildman–Crippen MR) is 136 cm³/mol. The van der Waals surface area contributed by atoms with Gasteiger partial charge in [-0.05, 0) is 42.7 Å². The second-order valence-corrected chi connectivity index (χ2v) is 10.4. The van der Waals surface area contributed by atoms with Gasteiger partial charge in [0.05, 0.1) is 17.5 Å². The largest absolute Gasteiger partial charge is 0.302 e. The molecule has 2 aromatic heterocycles. The lowest BCUT2D eigenvalue weighted by molar-refractivity contribution is -0.116. The first-order valence-electron chi connectivity index (χ1n) is 11.4. The van der Waals surface area contributed by atoms with Gasteiger partial charge in [-0.2, -0.15) is 0 Å². The number of benzene rings is 2. The Labute approximate surface area is 206 Å². The summed E-state index contributed by atoms with van der Waals surface area (Å²) >= 11 is 3.29. The number of nitrogens with zero attached hydrogens (tertiary/aromatic N) is 5. The molecule has 1 amide bonds. The Bertz CT molecular complexity index is 1310. The third kappa shape index (κ3) is 4.12.